The number of anilines is 1. The van der Waals surface area contributed by atoms with Crippen LogP contribution in [0.25, 0.3) is 0 Å². The third kappa shape index (κ3) is 6.45. The summed E-state index contributed by atoms with van der Waals surface area (Å²) < 4.78 is 5.52. The molecule has 0 spiro atoms. The minimum Gasteiger partial charge on any atom is -0.492 e. The van der Waals surface area contributed by atoms with E-state index in [2.05, 4.69) is 10.6 Å². The summed E-state index contributed by atoms with van der Waals surface area (Å²) in [5.74, 6) is 0.759. The van der Waals surface area contributed by atoms with Gasteiger partial charge in [-0.2, -0.15) is 0 Å². The summed E-state index contributed by atoms with van der Waals surface area (Å²) in [5, 5.41) is 5.91. The highest BCUT2D eigenvalue weighted by molar-refractivity contribution is 5.92. The molecule has 0 saturated carbocycles. The Morgan fingerprint density at radius 3 is 2.74 bits per heavy atom. The van der Waals surface area contributed by atoms with Crippen LogP contribution in [0.2, 0.25) is 0 Å². The molecule has 1 rings (SSSR count). The van der Waals surface area contributed by atoms with Gasteiger partial charge in [0.1, 0.15) is 5.75 Å². The minimum absolute atomic E-state index is 0. The second-order valence-corrected chi connectivity index (χ2v) is 4.19. The average Bonchev–Trinajstić information content (AvgIpc) is 2.33. The van der Waals surface area contributed by atoms with Crippen molar-refractivity contribution < 1.29 is 9.53 Å². The summed E-state index contributed by atoms with van der Waals surface area (Å²) in [6, 6.07) is 5.79. The first kappa shape index (κ1) is 17.7. The number of rotatable bonds is 7. The molecule has 4 nitrogen and oxygen atoms in total. The van der Waals surface area contributed by atoms with Gasteiger partial charge in [0, 0.05) is 6.42 Å². The van der Waals surface area contributed by atoms with Crippen LogP contribution in [-0.2, 0) is 4.79 Å². The van der Waals surface area contributed by atoms with E-state index in [-0.39, 0.29) is 18.3 Å². The summed E-state index contributed by atoms with van der Waals surface area (Å²) in [4.78, 5) is 11.7. The van der Waals surface area contributed by atoms with Crippen molar-refractivity contribution in [3.8, 4) is 5.75 Å². The van der Waals surface area contributed by atoms with Gasteiger partial charge in [0.25, 0.3) is 0 Å². The number of hydrogen-bond acceptors (Lipinski definition) is 3. The molecule has 108 valence electrons. The highest BCUT2D eigenvalue weighted by Gasteiger charge is 2.07. The Morgan fingerprint density at radius 2 is 2.11 bits per heavy atom. The molecule has 0 saturated heterocycles. The lowest BCUT2D eigenvalue weighted by molar-refractivity contribution is -0.116. The molecule has 19 heavy (non-hydrogen) atoms. The van der Waals surface area contributed by atoms with Gasteiger partial charge in [-0.3, -0.25) is 4.79 Å². The van der Waals surface area contributed by atoms with Crippen molar-refractivity contribution in [2.24, 2.45) is 0 Å². The molecule has 0 aliphatic heterocycles. The number of nitrogens with one attached hydrogen (secondary N) is 2. The molecule has 1 amide bonds. The predicted octanol–water partition coefficient (Wildman–Crippen LogP) is 2.75. The largest absolute Gasteiger partial charge is 0.492 e. The molecule has 0 unspecified atom stereocenters. The normalized spacial score (nSPS) is 9.63. The van der Waals surface area contributed by atoms with Crippen molar-refractivity contribution in [3.05, 3.63) is 23.8 Å². The van der Waals surface area contributed by atoms with Crippen molar-refractivity contribution in [1.82, 2.24) is 5.32 Å². The second-order valence-electron chi connectivity index (χ2n) is 4.19. The van der Waals surface area contributed by atoms with E-state index >= 15 is 0 Å². The van der Waals surface area contributed by atoms with E-state index in [4.69, 9.17) is 4.74 Å². The number of halogens is 1. The van der Waals surface area contributed by atoms with Crippen molar-refractivity contribution in [2.75, 3.05) is 25.5 Å². The summed E-state index contributed by atoms with van der Waals surface area (Å²) >= 11 is 0. The van der Waals surface area contributed by atoms with Crippen LogP contribution < -0.4 is 15.4 Å². The lowest BCUT2D eigenvalue weighted by Gasteiger charge is -2.12. The lowest BCUT2D eigenvalue weighted by Crippen LogP contribution is -2.15. The lowest BCUT2D eigenvalue weighted by atomic mass is 10.2. The molecule has 5 heteroatoms. The van der Waals surface area contributed by atoms with E-state index < -0.39 is 0 Å². The number of aryl methyl sites for hydroxylation is 1. The molecule has 0 fully saturated rings. The van der Waals surface area contributed by atoms with E-state index in [1.54, 1.807) is 0 Å². The second kappa shape index (κ2) is 9.64. The monoisotopic (exact) mass is 286 g/mol. The minimum atomic E-state index is 0. The molecule has 0 heterocycles. The summed E-state index contributed by atoms with van der Waals surface area (Å²) in [5.41, 5.74) is 1.86. The smallest absolute Gasteiger partial charge is 0.224 e. The SMILES string of the molecule is CCOc1cc(C)ccc1NC(=O)CCCNC.Cl. The Labute approximate surface area is 121 Å². The Kier molecular flexibility index (Phi) is 9.00. The van der Waals surface area contributed by atoms with Crippen LogP contribution in [0.1, 0.15) is 25.3 Å². The highest BCUT2D eigenvalue weighted by atomic mass is 35.5. The van der Waals surface area contributed by atoms with E-state index in [9.17, 15) is 4.79 Å². The third-order valence-corrected chi connectivity index (χ3v) is 2.54. The van der Waals surface area contributed by atoms with Gasteiger partial charge >= 0.3 is 0 Å². The van der Waals surface area contributed by atoms with E-state index in [1.165, 1.54) is 0 Å². The van der Waals surface area contributed by atoms with E-state index in [0.717, 1.165) is 30.0 Å². The molecule has 0 aliphatic rings. The molecule has 1 aromatic carbocycles. The number of carbonyl (C=O) groups excluding carboxylic acids is 1. The average molecular weight is 287 g/mol. The maximum atomic E-state index is 11.7. The van der Waals surface area contributed by atoms with Crippen molar-refractivity contribution in [3.63, 3.8) is 0 Å². The maximum absolute atomic E-state index is 11.7. The Bertz CT molecular complexity index is 397. The third-order valence-electron chi connectivity index (χ3n) is 2.54. The van der Waals surface area contributed by atoms with Crippen LogP contribution in [0.3, 0.4) is 0 Å². The molecular formula is C14H23ClN2O2. The number of benzene rings is 1. The fourth-order valence-corrected chi connectivity index (χ4v) is 1.65. The zero-order valence-electron chi connectivity index (χ0n) is 11.8. The van der Waals surface area contributed by atoms with Crippen LogP contribution >= 0.6 is 12.4 Å². The van der Waals surface area contributed by atoms with Gasteiger partial charge in [0.05, 0.1) is 12.3 Å². The Morgan fingerprint density at radius 1 is 1.37 bits per heavy atom. The number of carbonyl (C=O) groups is 1. The van der Waals surface area contributed by atoms with Gasteiger partial charge in [0.15, 0.2) is 0 Å². The molecule has 0 radical (unpaired) electrons. The topological polar surface area (TPSA) is 50.4 Å². The van der Waals surface area contributed by atoms with Crippen LogP contribution in [0.15, 0.2) is 18.2 Å². The van der Waals surface area contributed by atoms with Gasteiger partial charge in [-0.1, -0.05) is 6.07 Å². The molecule has 1 aromatic rings. The van der Waals surface area contributed by atoms with Crippen molar-refractivity contribution in [2.45, 2.75) is 26.7 Å². The Hall–Kier alpha value is -1.26. The number of ether oxygens (including phenoxy) is 1. The molecule has 0 aliphatic carbocycles. The zero-order valence-corrected chi connectivity index (χ0v) is 12.6. The first-order chi connectivity index (χ1) is 8.67. The molecule has 0 aromatic heterocycles. The molecule has 2 N–H and O–H groups in total. The predicted molar refractivity (Wildman–Crippen MR) is 81.4 cm³/mol. The highest BCUT2D eigenvalue weighted by Crippen LogP contribution is 2.25. The van der Waals surface area contributed by atoms with Crippen LogP contribution in [0, 0.1) is 6.92 Å². The van der Waals surface area contributed by atoms with Crippen LogP contribution in [0.4, 0.5) is 5.69 Å². The van der Waals surface area contributed by atoms with E-state index in [1.807, 2.05) is 39.1 Å². The first-order valence-corrected chi connectivity index (χ1v) is 6.35. The summed E-state index contributed by atoms with van der Waals surface area (Å²) in [7, 11) is 1.88. The van der Waals surface area contributed by atoms with Crippen molar-refractivity contribution >= 4 is 24.0 Å². The Balaban J connectivity index is 0.00000324. The molecule has 0 bridgehead atoms. The summed E-state index contributed by atoms with van der Waals surface area (Å²) in [6.45, 7) is 5.37. The van der Waals surface area contributed by atoms with Gasteiger partial charge in [0.2, 0.25) is 5.91 Å². The fraction of sp³-hybridized carbons (Fsp3) is 0.500. The first-order valence-electron chi connectivity index (χ1n) is 6.35. The van der Waals surface area contributed by atoms with Gasteiger partial charge in [-0.25, -0.2) is 0 Å². The quantitative estimate of drug-likeness (QED) is 0.758. The maximum Gasteiger partial charge on any atom is 0.224 e. The zero-order chi connectivity index (χ0) is 13.4. The van der Waals surface area contributed by atoms with Crippen LogP contribution in [-0.4, -0.2) is 26.1 Å². The van der Waals surface area contributed by atoms with E-state index in [0.29, 0.717) is 13.0 Å². The standard InChI is InChI=1S/C14H22N2O2.ClH/c1-4-18-13-10-11(2)7-8-12(13)16-14(17)6-5-9-15-3;/h7-8,10,15H,4-6,9H2,1-3H3,(H,16,17);1H. The molecule has 0 atom stereocenters. The molecular weight excluding hydrogens is 264 g/mol. The fourth-order valence-electron chi connectivity index (χ4n) is 1.65. The van der Waals surface area contributed by atoms with Crippen LogP contribution in [0.5, 0.6) is 5.75 Å². The van der Waals surface area contributed by atoms with Gasteiger partial charge < -0.3 is 15.4 Å². The van der Waals surface area contributed by atoms with Gasteiger partial charge in [-0.05, 0) is 51.6 Å². The van der Waals surface area contributed by atoms with Gasteiger partial charge in [-0.15, -0.1) is 12.4 Å². The number of amides is 1. The van der Waals surface area contributed by atoms with Crippen molar-refractivity contribution in [1.29, 1.82) is 0 Å². The number of hydrogen-bond donors (Lipinski definition) is 2. The summed E-state index contributed by atoms with van der Waals surface area (Å²) in [6.07, 6.45) is 1.35.